The molecule has 2 aromatic rings. The Labute approximate surface area is 63.6 Å². The Morgan fingerprint density at radius 3 is 3.00 bits per heavy atom. The van der Waals surface area contributed by atoms with Gasteiger partial charge in [0, 0.05) is 0 Å². The highest BCUT2D eigenvalue weighted by Crippen LogP contribution is 2.23. The number of fused-ring (bicyclic) bond motifs is 1. The number of nitrogens with zero attached hydrogens (tertiary/aromatic N) is 1. The molecule has 0 spiro atoms. The Balaban J connectivity index is 2.76. The molecule has 11 heavy (non-hydrogen) atoms. The quantitative estimate of drug-likeness (QED) is 0.620. The highest BCUT2D eigenvalue weighted by molar-refractivity contribution is 5.81. The maximum Gasteiger partial charge on any atom is 0.262 e. The van der Waals surface area contributed by atoms with Crippen LogP contribution in [-0.4, -0.2) is 5.16 Å². The third-order valence-electron chi connectivity index (χ3n) is 1.48. The first-order valence-corrected chi connectivity index (χ1v) is 3.18. The topological polar surface area (TPSA) is 35.3 Å². The van der Waals surface area contributed by atoms with E-state index < -0.39 is 0 Å². The second kappa shape index (κ2) is 2.27. The van der Waals surface area contributed by atoms with Crippen LogP contribution in [0.5, 0.6) is 5.88 Å². The van der Waals surface area contributed by atoms with E-state index >= 15 is 0 Å². The third-order valence-corrected chi connectivity index (χ3v) is 1.48. The van der Waals surface area contributed by atoms with Gasteiger partial charge in [0.05, 0.1) is 5.39 Å². The molecule has 0 aliphatic rings. The minimum Gasteiger partial charge on any atom is -0.471 e. The molecule has 0 aliphatic heterocycles. The molecule has 0 unspecified atom stereocenters. The van der Waals surface area contributed by atoms with Crippen LogP contribution in [0, 0.1) is 7.11 Å². The molecular formula is C8H6NO2. The molecule has 0 saturated carbocycles. The van der Waals surface area contributed by atoms with Gasteiger partial charge in [0.2, 0.25) is 0 Å². The summed E-state index contributed by atoms with van der Waals surface area (Å²) in [7, 11) is 3.26. The Kier molecular flexibility index (Phi) is 1.28. The first kappa shape index (κ1) is 6.22. The van der Waals surface area contributed by atoms with E-state index in [1.807, 2.05) is 24.3 Å². The monoisotopic (exact) mass is 148 g/mol. The summed E-state index contributed by atoms with van der Waals surface area (Å²) in [6.07, 6.45) is 0. The third kappa shape index (κ3) is 0.852. The zero-order valence-corrected chi connectivity index (χ0v) is 5.78. The number of hydrogen-bond acceptors (Lipinski definition) is 3. The zero-order valence-electron chi connectivity index (χ0n) is 5.78. The SMILES string of the molecule is [CH2]Oc1noc2ccccc12. The van der Waals surface area contributed by atoms with Crippen LogP contribution in [0.2, 0.25) is 0 Å². The summed E-state index contributed by atoms with van der Waals surface area (Å²) in [5.41, 5.74) is 0.714. The van der Waals surface area contributed by atoms with E-state index in [2.05, 4.69) is 12.3 Å². The summed E-state index contributed by atoms with van der Waals surface area (Å²) in [6.45, 7) is 0. The van der Waals surface area contributed by atoms with E-state index in [1.165, 1.54) is 0 Å². The first-order chi connectivity index (χ1) is 5.42. The molecule has 0 saturated heterocycles. The van der Waals surface area contributed by atoms with E-state index in [9.17, 15) is 0 Å². The summed E-state index contributed by atoms with van der Waals surface area (Å²) in [5.74, 6) is 0.431. The smallest absolute Gasteiger partial charge is 0.262 e. The first-order valence-electron chi connectivity index (χ1n) is 3.18. The van der Waals surface area contributed by atoms with Crippen LogP contribution in [0.3, 0.4) is 0 Å². The lowest BCUT2D eigenvalue weighted by Gasteiger charge is -1.88. The molecule has 0 fully saturated rings. The van der Waals surface area contributed by atoms with Crippen LogP contribution in [0.4, 0.5) is 0 Å². The summed E-state index contributed by atoms with van der Waals surface area (Å²) >= 11 is 0. The molecule has 0 bridgehead atoms. The number of hydrogen-bond donors (Lipinski definition) is 0. The fourth-order valence-corrected chi connectivity index (χ4v) is 0.967. The van der Waals surface area contributed by atoms with Crippen molar-refractivity contribution in [2.24, 2.45) is 0 Å². The summed E-state index contributed by atoms with van der Waals surface area (Å²) in [4.78, 5) is 0. The van der Waals surface area contributed by atoms with Gasteiger partial charge in [-0.05, 0) is 17.3 Å². The van der Waals surface area contributed by atoms with Crippen molar-refractivity contribution in [3.63, 3.8) is 0 Å². The lowest BCUT2D eigenvalue weighted by molar-refractivity contribution is 0.380. The van der Waals surface area contributed by atoms with E-state index in [1.54, 1.807) is 0 Å². The minimum absolute atomic E-state index is 0.431. The maximum atomic E-state index is 4.92. The Hall–Kier alpha value is -1.51. The van der Waals surface area contributed by atoms with Crippen LogP contribution in [0.1, 0.15) is 0 Å². The predicted octanol–water partition coefficient (Wildman–Crippen LogP) is 2.00. The van der Waals surface area contributed by atoms with Crippen LogP contribution in [-0.2, 0) is 0 Å². The largest absolute Gasteiger partial charge is 0.471 e. The van der Waals surface area contributed by atoms with Crippen molar-refractivity contribution in [3.8, 4) is 5.88 Å². The summed E-state index contributed by atoms with van der Waals surface area (Å²) in [5, 5.41) is 4.50. The number of ether oxygens (including phenoxy) is 1. The van der Waals surface area contributed by atoms with Gasteiger partial charge >= 0.3 is 0 Å². The van der Waals surface area contributed by atoms with E-state index in [0.717, 1.165) is 5.39 Å². The average Bonchev–Trinajstić information content (AvgIpc) is 2.47. The number of para-hydroxylation sites is 1. The van der Waals surface area contributed by atoms with Gasteiger partial charge < -0.3 is 9.26 Å². The highest BCUT2D eigenvalue weighted by atomic mass is 16.5. The van der Waals surface area contributed by atoms with Gasteiger partial charge in [-0.25, -0.2) is 0 Å². The molecule has 55 valence electrons. The Bertz CT molecular complexity index is 367. The molecule has 0 atom stereocenters. The van der Waals surface area contributed by atoms with Gasteiger partial charge in [-0.2, -0.15) is 0 Å². The normalized spacial score (nSPS) is 10.3. The minimum atomic E-state index is 0.431. The molecule has 1 radical (unpaired) electrons. The van der Waals surface area contributed by atoms with E-state index in [0.29, 0.717) is 11.5 Å². The van der Waals surface area contributed by atoms with E-state index in [-0.39, 0.29) is 0 Å². The molecule has 0 aliphatic carbocycles. The number of benzene rings is 1. The highest BCUT2D eigenvalue weighted by Gasteiger charge is 2.05. The lowest BCUT2D eigenvalue weighted by Crippen LogP contribution is -1.77. The standard InChI is InChI=1S/C8H6NO2/c1-10-8-6-4-2-3-5-7(6)11-9-8/h2-5H,1H2. The Morgan fingerprint density at radius 2 is 2.18 bits per heavy atom. The molecule has 3 heteroatoms. The summed E-state index contributed by atoms with van der Waals surface area (Å²) in [6, 6.07) is 7.46. The maximum absolute atomic E-state index is 4.92. The zero-order chi connectivity index (χ0) is 7.68. The van der Waals surface area contributed by atoms with E-state index in [4.69, 9.17) is 9.26 Å². The molecule has 2 rings (SSSR count). The van der Waals surface area contributed by atoms with Crippen molar-refractivity contribution >= 4 is 11.0 Å². The average molecular weight is 148 g/mol. The van der Waals surface area contributed by atoms with Gasteiger partial charge in [0.25, 0.3) is 5.88 Å². The van der Waals surface area contributed by atoms with Gasteiger partial charge in [-0.15, -0.1) is 0 Å². The molecule has 3 nitrogen and oxygen atoms in total. The van der Waals surface area contributed by atoms with Gasteiger partial charge in [0.1, 0.15) is 7.11 Å². The molecule has 0 amide bonds. The Morgan fingerprint density at radius 1 is 1.36 bits per heavy atom. The molecule has 1 aromatic heterocycles. The van der Waals surface area contributed by atoms with Crippen molar-refractivity contribution in [3.05, 3.63) is 31.4 Å². The predicted molar refractivity (Wildman–Crippen MR) is 40.0 cm³/mol. The van der Waals surface area contributed by atoms with Crippen molar-refractivity contribution in [1.29, 1.82) is 0 Å². The van der Waals surface area contributed by atoms with Crippen LogP contribution in [0.15, 0.2) is 28.8 Å². The second-order valence-electron chi connectivity index (χ2n) is 2.13. The summed E-state index contributed by atoms with van der Waals surface area (Å²) < 4.78 is 9.64. The number of aromatic nitrogens is 1. The van der Waals surface area contributed by atoms with Crippen LogP contribution >= 0.6 is 0 Å². The van der Waals surface area contributed by atoms with Crippen molar-refractivity contribution in [2.75, 3.05) is 0 Å². The van der Waals surface area contributed by atoms with Crippen LogP contribution < -0.4 is 4.74 Å². The second-order valence-corrected chi connectivity index (χ2v) is 2.13. The fraction of sp³-hybridized carbons (Fsp3) is 0. The van der Waals surface area contributed by atoms with Crippen molar-refractivity contribution in [1.82, 2.24) is 5.16 Å². The van der Waals surface area contributed by atoms with Crippen molar-refractivity contribution < 1.29 is 9.26 Å². The van der Waals surface area contributed by atoms with Gasteiger partial charge in [0.15, 0.2) is 5.58 Å². The molecule has 0 N–H and O–H groups in total. The van der Waals surface area contributed by atoms with Crippen molar-refractivity contribution in [2.45, 2.75) is 0 Å². The van der Waals surface area contributed by atoms with Gasteiger partial charge in [-0.3, -0.25) is 0 Å². The molecular weight excluding hydrogens is 142 g/mol. The lowest BCUT2D eigenvalue weighted by atomic mass is 10.3. The van der Waals surface area contributed by atoms with Gasteiger partial charge in [-0.1, -0.05) is 12.1 Å². The fourth-order valence-electron chi connectivity index (χ4n) is 0.967. The number of rotatable bonds is 1. The molecule has 1 aromatic carbocycles. The van der Waals surface area contributed by atoms with Crippen LogP contribution in [0.25, 0.3) is 11.0 Å². The molecule has 1 heterocycles.